The highest BCUT2D eigenvalue weighted by molar-refractivity contribution is 6.31. The van der Waals surface area contributed by atoms with Gasteiger partial charge in [-0.3, -0.25) is 4.99 Å². The lowest BCUT2D eigenvalue weighted by molar-refractivity contribution is 0.0531. The molecule has 2 N–H and O–H groups in total. The molecule has 0 aliphatic carbocycles. The molecule has 0 amide bonds. The first-order chi connectivity index (χ1) is 11.6. The standard InChI is InChI=1S/C19H30ClN3O/c1-4-15(3)23-18(21-5-2)22-14-19(10-12-24-13-11-19)16-8-6-7-9-17(16)20/h6-9,15H,4-5,10-14H2,1-3H3,(H2,21,22,23). The lowest BCUT2D eigenvalue weighted by atomic mass is 9.74. The van der Waals surface area contributed by atoms with Crippen LogP contribution in [0.3, 0.4) is 0 Å². The van der Waals surface area contributed by atoms with Crippen LogP contribution in [0.25, 0.3) is 0 Å². The molecule has 0 radical (unpaired) electrons. The number of hydrogen-bond acceptors (Lipinski definition) is 2. The number of nitrogens with zero attached hydrogens (tertiary/aromatic N) is 1. The van der Waals surface area contributed by atoms with E-state index in [2.05, 4.69) is 43.5 Å². The third kappa shape index (κ3) is 4.87. The zero-order valence-electron chi connectivity index (χ0n) is 15.1. The van der Waals surface area contributed by atoms with E-state index in [1.54, 1.807) is 0 Å². The minimum absolute atomic E-state index is 0.0472. The van der Waals surface area contributed by atoms with Crippen LogP contribution in [0.2, 0.25) is 5.02 Å². The number of halogens is 1. The van der Waals surface area contributed by atoms with Crippen molar-refractivity contribution in [2.45, 2.75) is 51.5 Å². The SMILES string of the molecule is CCNC(=NCC1(c2ccccc2Cl)CCOCC1)NC(C)CC. The second kappa shape index (κ2) is 9.28. The predicted octanol–water partition coefficient (Wildman–Crippen LogP) is 3.74. The summed E-state index contributed by atoms with van der Waals surface area (Å²) in [6, 6.07) is 8.55. The van der Waals surface area contributed by atoms with Gasteiger partial charge in [0.05, 0.1) is 6.54 Å². The van der Waals surface area contributed by atoms with Crippen molar-refractivity contribution in [3.63, 3.8) is 0 Å². The second-order valence-corrected chi connectivity index (χ2v) is 6.93. The molecule has 1 fully saturated rings. The lowest BCUT2D eigenvalue weighted by Crippen LogP contribution is -2.44. The quantitative estimate of drug-likeness (QED) is 0.606. The van der Waals surface area contributed by atoms with Crippen LogP contribution in [0.5, 0.6) is 0 Å². The monoisotopic (exact) mass is 351 g/mol. The Morgan fingerprint density at radius 1 is 1.29 bits per heavy atom. The number of aliphatic imine (C=N–C) groups is 1. The third-order valence-corrected chi connectivity index (χ3v) is 5.10. The highest BCUT2D eigenvalue weighted by Crippen LogP contribution is 2.38. The van der Waals surface area contributed by atoms with Gasteiger partial charge in [0.15, 0.2) is 5.96 Å². The molecule has 0 aromatic heterocycles. The van der Waals surface area contributed by atoms with Crippen LogP contribution in [0.4, 0.5) is 0 Å². The number of hydrogen-bond donors (Lipinski definition) is 2. The molecule has 1 unspecified atom stereocenters. The van der Waals surface area contributed by atoms with Gasteiger partial charge in [0.25, 0.3) is 0 Å². The predicted molar refractivity (Wildman–Crippen MR) is 102 cm³/mol. The summed E-state index contributed by atoms with van der Waals surface area (Å²) in [5.41, 5.74) is 1.15. The molecular weight excluding hydrogens is 322 g/mol. The Kier molecular flexibility index (Phi) is 7.38. The van der Waals surface area contributed by atoms with Crippen molar-refractivity contribution >= 4 is 17.6 Å². The summed E-state index contributed by atoms with van der Waals surface area (Å²) in [7, 11) is 0. The molecule has 24 heavy (non-hydrogen) atoms. The Labute approximate surface area is 151 Å². The van der Waals surface area contributed by atoms with Crippen LogP contribution in [0, 0.1) is 0 Å². The minimum atomic E-state index is -0.0472. The largest absolute Gasteiger partial charge is 0.381 e. The van der Waals surface area contributed by atoms with Gasteiger partial charge in [-0.05, 0) is 44.7 Å². The first-order valence-corrected chi connectivity index (χ1v) is 9.36. The topological polar surface area (TPSA) is 45.7 Å². The van der Waals surface area contributed by atoms with Gasteiger partial charge in [0, 0.05) is 36.2 Å². The van der Waals surface area contributed by atoms with Crippen molar-refractivity contribution in [1.29, 1.82) is 0 Å². The van der Waals surface area contributed by atoms with Crippen LogP contribution >= 0.6 is 11.6 Å². The van der Waals surface area contributed by atoms with Crippen LogP contribution in [0.1, 0.15) is 45.6 Å². The summed E-state index contributed by atoms with van der Waals surface area (Å²) in [6.07, 6.45) is 2.96. The molecular formula is C19H30ClN3O. The normalized spacial score (nSPS) is 18.9. The zero-order valence-corrected chi connectivity index (χ0v) is 15.8. The smallest absolute Gasteiger partial charge is 0.191 e. The summed E-state index contributed by atoms with van der Waals surface area (Å²) in [5.74, 6) is 0.879. The molecule has 0 spiro atoms. The summed E-state index contributed by atoms with van der Waals surface area (Å²) in [4.78, 5) is 4.89. The van der Waals surface area contributed by atoms with Gasteiger partial charge in [-0.1, -0.05) is 36.7 Å². The van der Waals surface area contributed by atoms with Gasteiger partial charge in [-0.2, -0.15) is 0 Å². The maximum Gasteiger partial charge on any atom is 0.191 e. The summed E-state index contributed by atoms with van der Waals surface area (Å²) < 4.78 is 5.60. The average Bonchev–Trinajstić information content (AvgIpc) is 2.61. The zero-order chi connectivity index (χ0) is 17.4. The fraction of sp³-hybridized carbons (Fsp3) is 0.632. The lowest BCUT2D eigenvalue weighted by Gasteiger charge is -2.37. The molecule has 1 aromatic rings. The molecule has 5 heteroatoms. The van der Waals surface area contributed by atoms with Gasteiger partial charge < -0.3 is 15.4 Å². The molecule has 0 saturated carbocycles. The van der Waals surface area contributed by atoms with Crippen molar-refractivity contribution < 1.29 is 4.74 Å². The van der Waals surface area contributed by atoms with Crippen LogP contribution in [-0.4, -0.2) is 38.3 Å². The van der Waals surface area contributed by atoms with Crippen LogP contribution < -0.4 is 10.6 Å². The Morgan fingerprint density at radius 2 is 2.00 bits per heavy atom. The van der Waals surface area contributed by atoms with E-state index in [-0.39, 0.29) is 5.41 Å². The fourth-order valence-corrected chi connectivity index (χ4v) is 3.39. The van der Waals surface area contributed by atoms with Crippen LogP contribution in [0.15, 0.2) is 29.3 Å². The Bertz CT molecular complexity index is 541. The average molecular weight is 352 g/mol. The maximum absolute atomic E-state index is 6.51. The van der Waals surface area contributed by atoms with E-state index < -0.39 is 0 Å². The Hall–Kier alpha value is -1.26. The minimum Gasteiger partial charge on any atom is -0.381 e. The van der Waals surface area contributed by atoms with Crippen molar-refractivity contribution in [2.75, 3.05) is 26.3 Å². The molecule has 134 valence electrons. The number of rotatable bonds is 6. The Balaban J connectivity index is 2.24. The fourth-order valence-electron chi connectivity index (χ4n) is 3.05. The van der Waals surface area contributed by atoms with Gasteiger partial charge in [0.2, 0.25) is 0 Å². The molecule has 1 saturated heterocycles. The first-order valence-electron chi connectivity index (χ1n) is 8.99. The van der Waals surface area contributed by atoms with E-state index in [9.17, 15) is 0 Å². The van der Waals surface area contributed by atoms with Gasteiger partial charge in [-0.15, -0.1) is 0 Å². The molecule has 0 bridgehead atoms. The number of benzene rings is 1. The number of guanidine groups is 1. The summed E-state index contributed by atoms with van der Waals surface area (Å²) in [6.45, 7) is 9.52. The van der Waals surface area contributed by atoms with Crippen molar-refractivity contribution in [1.82, 2.24) is 10.6 Å². The highest BCUT2D eigenvalue weighted by atomic mass is 35.5. The third-order valence-electron chi connectivity index (χ3n) is 4.77. The van der Waals surface area contributed by atoms with Gasteiger partial charge in [-0.25, -0.2) is 0 Å². The molecule has 1 aliphatic rings. The summed E-state index contributed by atoms with van der Waals surface area (Å²) >= 11 is 6.51. The van der Waals surface area contributed by atoms with E-state index in [4.69, 9.17) is 21.3 Å². The van der Waals surface area contributed by atoms with E-state index in [1.165, 1.54) is 5.56 Å². The first kappa shape index (κ1) is 19.1. The maximum atomic E-state index is 6.51. The van der Waals surface area contributed by atoms with Crippen LogP contribution in [-0.2, 0) is 10.2 Å². The molecule has 1 heterocycles. The number of nitrogens with one attached hydrogen (secondary N) is 2. The molecule has 2 rings (SSSR count). The van der Waals surface area contributed by atoms with E-state index in [1.807, 2.05) is 12.1 Å². The van der Waals surface area contributed by atoms with E-state index in [0.29, 0.717) is 12.6 Å². The molecule has 4 nitrogen and oxygen atoms in total. The molecule has 1 atom stereocenters. The van der Waals surface area contributed by atoms with Crippen molar-refractivity contribution in [3.05, 3.63) is 34.9 Å². The van der Waals surface area contributed by atoms with Crippen molar-refractivity contribution in [3.8, 4) is 0 Å². The summed E-state index contributed by atoms with van der Waals surface area (Å²) in [5, 5.41) is 7.64. The molecule has 1 aromatic carbocycles. The second-order valence-electron chi connectivity index (χ2n) is 6.52. The van der Waals surface area contributed by atoms with Gasteiger partial charge >= 0.3 is 0 Å². The number of ether oxygens (including phenoxy) is 1. The van der Waals surface area contributed by atoms with Crippen molar-refractivity contribution in [2.24, 2.45) is 4.99 Å². The van der Waals surface area contributed by atoms with E-state index >= 15 is 0 Å². The van der Waals surface area contributed by atoms with Gasteiger partial charge in [0.1, 0.15) is 0 Å². The van der Waals surface area contributed by atoms with E-state index in [0.717, 1.165) is 50.0 Å². The highest BCUT2D eigenvalue weighted by Gasteiger charge is 2.36. The Morgan fingerprint density at radius 3 is 2.62 bits per heavy atom. The molecule has 1 aliphatic heterocycles.